The van der Waals surface area contributed by atoms with Crippen molar-refractivity contribution in [3.63, 3.8) is 0 Å². The number of oxazole rings is 1. The third-order valence-electron chi connectivity index (χ3n) is 4.12. The van der Waals surface area contributed by atoms with E-state index < -0.39 is 12.0 Å². The minimum absolute atomic E-state index is 0.0128. The van der Waals surface area contributed by atoms with Gasteiger partial charge in [-0.05, 0) is 30.5 Å². The van der Waals surface area contributed by atoms with E-state index in [4.69, 9.17) is 9.52 Å². The number of urea groups is 1. The zero-order valence-corrected chi connectivity index (χ0v) is 14.9. The summed E-state index contributed by atoms with van der Waals surface area (Å²) in [7, 11) is 0. The van der Waals surface area contributed by atoms with Crippen LogP contribution in [0.3, 0.4) is 0 Å². The molecule has 1 heterocycles. The maximum Gasteiger partial charge on any atom is 0.319 e. The van der Waals surface area contributed by atoms with Gasteiger partial charge in [0.05, 0.1) is 0 Å². The lowest BCUT2D eigenvalue weighted by Gasteiger charge is -2.18. The molecule has 1 unspecified atom stereocenters. The number of carbonyl (C=O) groups excluding carboxylic acids is 1. The third-order valence-corrected chi connectivity index (χ3v) is 4.12. The molecular formula is C20H21N3O4. The summed E-state index contributed by atoms with van der Waals surface area (Å²) >= 11 is 0. The number of amides is 2. The van der Waals surface area contributed by atoms with Gasteiger partial charge in [0, 0.05) is 31.1 Å². The standard InChI is InChI=1S/C20H21N3O4/c1-13-21-17-9-7-16(12-18(17)27-13)23-20(26)22-15(8-10-19(24)25)11-14-5-3-2-4-6-14/h2-7,9,12,15H,8,10-11H2,1H3,(H,24,25)(H2,22,23,26). The highest BCUT2D eigenvalue weighted by atomic mass is 16.4. The smallest absolute Gasteiger partial charge is 0.319 e. The lowest BCUT2D eigenvalue weighted by atomic mass is 10.0. The molecule has 140 valence electrons. The molecule has 7 heteroatoms. The Kier molecular flexibility index (Phi) is 5.71. The van der Waals surface area contributed by atoms with Gasteiger partial charge in [0.2, 0.25) is 0 Å². The van der Waals surface area contributed by atoms with Crippen molar-refractivity contribution in [1.29, 1.82) is 0 Å². The first-order valence-corrected chi connectivity index (χ1v) is 8.70. The normalized spacial score (nSPS) is 11.9. The maximum atomic E-state index is 12.4. The number of nitrogens with zero attached hydrogens (tertiary/aromatic N) is 1. The van der Waals surface area contributed by atoms with Gasteiger partial charge >= 0.3 is 12.0 Å². The first-order chi connectivity index (χ1) is 13.0. The number of aromatic nitrogens is 1. The van der Waals surface area contributed by atoms with Gasteiger partial charge in [-0.15, -0.1) is 0 Å². The first kappa shape index (κ1) is 18.4. The Morgan fingerprint density at radius 2 is 1.96 bits per heavy atom. The number of anilines is 1. The predicted octanol–water partition coefficient (Wildman–Crippen LogP) is 3.73. The molecule has 1 aromatic heterocycles. The molecule has 0 aliphatic heterocycles. The van der Waals surface area contributed by atoms with Crippen LogP contribution in [0.4, 0.5) is 10.5 Å². The molecule has 3 rings (SSSR count). The van der Waals surface area contributed by atoms with Crippen LogP contribution in [0.25, 0.3) is 11.1 Å². The zero-order valence-electron chi connectivity index (χ0n) is 14.9. The fourth-order valence-corrected chi connectivity index (χ4v) is 2.89. The average molecular weight is 367 g/mol. The van der Waals surface area contributed by atoms with Crippen LogP contribution in [0.1, 0.15) is 24.3 Å². The van der Waals surface area contributed by atoms with E-state index in [9.17, 15) is 9.59 Å². The Labute approximate surface area is 156 Å². The van der Waals surface area contributed by atoms with E-state index in [1.807, 2.05) is 30.3 Å². The summed E-state index contributed by atoms with van der Waals surface area (Å²) in [5.41, 5.74) is 2.93. The van der Waals surface area contributed by atoms with E-state index in [-0.39, 0.29) is 12.5 Å². The van der Waals surface area contributed by atoms with Crippen molar-refractivity contribution in [2.45, 2.75) is 32.2 Å². The van der Waals surface area contributed by atoms with Crippen molar-refractivity contribution in [2.75, 3.05) is 5.32 Å². The molecule has 0 aliphatic carbocycles. The molecule has 0 aliphatic rings. The first-order valence-electron chi connectivity index (χ1n) is 8.70. The second-order valence-electron chi connectivity index (χ2n) is 6.33. The number of nitrogens with one attached hydrogen (secondary N) is 2. The van der Waals surface area contributed by atoms with Crippen molar-refractivity contribution < 1.29 is 19.1 Å². The van der Waals surface area contributed by atoms with Crippen LogP contribution in [0.2, 0.25) is 0 Å². The minimum Gasteiger partial charge on any atom is -0.481 e. The average Bonchev–Trinajstić information content (AvgIpc) is 2.99. The summed E-state index contributed by atoms with van der Waals surface area (Å²) in [4.78, 5) is 27.5. The van der Waals surface area contributed by atoms with Crippen molar-refractivity contribution in [3.8, 4) is 0 Å². The van der Waals surface area contributed by atoms with Crippen molar-refractivity contribution in [3.05, 3.63) is 60.0 Å². The molecule has 0 fully saturated rings. The van der Waals surface area contributed by atoms with Crippen LogP contribution in [0, 0.1) is 6.92 Å². The number of carboxylic acid groups (broad SMARTS) is 1. The number of carbonyl (C=O) groups is 2. The van der Waals surface area contributed by atoms with E-state index in [2.05, 4.69) is 15.6 Å². The number of carboxylic acids is 1. The van der Waals surface area contributed by atoms with E-state index in [0.29, 0.717) is 30.0 Å². The molecule has 0 radical (unpaired) electrons. The number of hydrogen-bond donors (Lipinski definition) is 3. The Hall–Kier alpha value is -3.35. The van der Waals surface area contributed by atoms with E-state index in [1.54, 1.807) is 25.1 Å². The number of fused-ring (bicyclic) bond motifs is 1. The highest BCUT2D eigenvalue weighted by Gasteiger charge is 2.15. The van der Waals surface area contributed by atoms with Crippen LogP contribution in [0.5, 0.6) is 0 Å². The Bertz CT molecular complexity index is 937. The molecule has 2 amide bonds. The number of aryl methyl sites for hydroxylation is 1. The van der Waals surface area contributed by atoms with Gasteiger partial charge in [0.1, 0.15) is 5.52 Å². The Balaban J connectivity index is 1.65. The molecule has 1 atom stereocenters. The summed E-state index contributed by atoms with van der Waals surface area (Å²) in [5.74, 6) is -0.329. The van der Waals surface area contributed by atoms with Crippen molar-refractivity contribution >= 4 is 28.8 Å². The Morgan fingerprint density at radius 1 is 1.19 bits per heavy atom. The fraction of sp³-hybridized carbons (Fsp3) is 0.250. The fourth-order valence-electron chi connectivity index (χ4n) is 2.89. The second-order valence-corrected chi connectivity index (χ2v) is 6.33. The van der Waals surface area contributed by atoms with Gasteiger partial charge in [-0.3, -0.25) is 4.79 Å². The molecule has 3 aromatic rings. The van der Waals surface area contributed by atoms with Gasteiger partial charge in [-0.25, -0.2) is 9.78 Å². The van der Waals surface area contributed by atoms with Crippen LogP contribution in [0.15, 0.2) is 52.9 Å². The molecular weight excluding hydrogens is 346 g/mol. The van der Waals surface area contributed by atoms with Crippen molar-refractivity contribution in [2.24, 2.45) is 0 Å². The van der Waals surface area contributed by atoms with Gasteiger partial charge < -0.3 is 20.2 Å². The van der Waals surface area contributed by atoms with E-state index >= 15 is 0 Å². The molecule has 7 nitrogen and oxygen atoms in total. The number of rotatable bonds is 7. The summed E-state index contributed by atoms with van der Waals surface area (Å²) in [6.07, 6.45) is 0.890. The zero-order chi connectivity index (χ0) is 19.2. The Morgan fingerprint density at radius 3 is 2.70 bits per heavy atom. The maximum absolute atomic E-state index is 12.4. The quantitative estimate of drug-likeness (QED) is 0.590. The lowest BCUT2D eigenvalue weighted by molar-refractivity contribution is -0.137. The van der Waals surface area contributed by atoms with Crippen LogP contribution < -0.4 is 10.6 Å². The largest absolute Gasteiger partial charge is 0.481 e. The summed E-state index contributed by atoms with van der Waals surface area (Å²) in [5, 5.41) is 14.6. The highest BCUT2D eigenvalue weighted by Crippen LogP contribution is 2.20. The van der Waals surface area contributed by atoms with Gasteiger partial charge in [0.25, 0.3) is 0 Å². The molecule has 0 saturated heterocycles. The monoisotopic (exact) mass is 367 g/mol. The summed E-state index contributed by atoms with van der Waals surface area (Å²) < 4.78 is 5.47. The van der Waals surface area contributed by atoms with E-state index in [0.717, 1.165) is 11.1 Å². The molecule has 27 heavy (non-hydrogen) atoms. The molecule has 3 N–H and O–H groups in total. The van der Waals surface area contributed by atoms with Crippen LogP contribution >= 0.6 is 0 Å². The van der Waals surface area contributed by atoms with Gasteiger partial charge in [-0.2, -0.15) is 0 Å². The molecule has 0 spiro atoms. The highest BCUT2D eigenvalue weighted by molar-refractivity contribution is 5.91. The molecule has 2 aromatic carbocycles. The third kappa shape index (κ3) is 5.31. The van der Waals surface area contributed by atoms with Crippen LogP contribution in [-0.2, 0) is 11.2 Å². The predicted molar refractivity (Wildman–Crippen MR) is 102 cm³/mol. The lowest BCUT2D eigenvalue weighted by Crippen LogP contribution is -2.39. The SMILES string of the molecule is Cc1nc2ccc(NC(=O)NC(CCC(=O)O)Cc3ccccc3)cc2o1. The van der Waals surface area contributed by atoms with Gasteiger partial charge in [-0.1, -0.05) is 30.3 Å². The number of aliphatic carboxylic acids is 1. The molecule has 0 bridgehead atoms. The second kappa shape index (κ2) is 8.35. The van der Waals surface area contributed by atoms with Crippen LogP contribution in [-0.4, -0.2) is 28.1 Å². The summed E-state index contributed by atoms with van der Waals surface area (Å²) in [6, 6.07) is 14.2. The number of hydrogen-bond acceptors (Lipinski definition) is 4. The topological polar surface area (TPSA) is 104 Å². The number of benzene rings is 2. The van der Waals surface area contributed by atoms with E-state index in [1.165, 1.54) is 0 Å². The molecule has 0 saturated carbocycles. The minimum atomic E-state index is -0.888. The van der Waals surface area contributed by atoms with Crippen molar-refractivity contribution in [1.82, 2.24) is 10.3 Å². The summed E-state index contributed by atoms with van der Waals surface area (Å²) in [6.45, 7) is 1.76. The van der Waals surface area contributed by atoms with Gasteiger partial charge in [0.15, 0.2) is 11.5 Å².